The van der Waals surface area contributed by atoms with Crippen molar-refractivity contribution in [2.45, 2.75) is 59.3 Å². The van der Waals surface area contributed by atoms with Gasteiger partial charge in [0.15, 0.2) is 0 Å². The highest BCUT2D eigenvalue weighted by Gasteiger charge is 2.19. The maximum atomic E-state index is 2.46. The van der Waals surface area contributed by atoms with Crippen molar-refractivity contribution < 1.29 is 0 Å². The highest BCUT2D eigenvalue weighted by molar-refractivity contribution is 7.27. The van der Waals surface area contributed by atoms with Crippen molar-refractivity contribution in [3.8, 4) is 0 Å². The molecular formula is C21H24S3. The molecule has 0 aliphatic carbocycles. The fourth-order valence-electron chi connectivity index (χ4n) is 3.19. The van der Waals surface area contributed by atoms with E-state index in [1.165, 1.54) is 44.9 Å². The Balaban J connectivity index is 2.19. The molecule has 0 spiro atoms. The molecule has 0 aliphatic rings. The van der Waals surface area contributed by atoms with Crippen LogP contribution in [-0.4, -0.2) is 0 Å². The topological polar surface area (TPSA) is 0 Å². The third kappa shape index (κ3) is 2.44. The summed E-state index contributed by atoms with van der Waals surface area (Å²) >= 11 is 6.02. The predicted molar refractivity (Wildman–Crippen MR) is 115 cm³/mol. The van der Waals surface area contributed by atoms with Gasteiger partial charge in [-0.1, -0.05) is 41.5 Å². The summed E-state index contributed by atoms with van der Waals surface area (Å²) in [5, 5.41) is 4.45. The van der Waals surface area contributed by atoms with Gasteiger partial charge in [0.05, 0.1) is 0 Å². The summed E-state index contributed by atoms with van der Waals surface area (Å²) in [6, 6.07) is 7.37. The molecule has 0 radical (unpaired) electrons. The van der Waals surface area contributed by atoms with Crippen LogP contribution in [0.15, 0.2) is 18.2 Å². The van der Waals surface area contributed by atoms with Crippen LogP contribution in [0.5, 0.6) is 0 Å². The first-order valence-electron chi connectivity index (χ1n) is 8.79. The Hall–Kier alpha value is -0.900. The fourth-order valence-corrected chi connectivity index (χ4v) is 6.95. The van der Waals surface area contributed by atoms with Gasteiger partial charge in [0.2, 0.25) is 0 Å². The standard InChI is InChI=1S/C21H24S3/c1-10(2)16-7-13-19(22-16)14-8-17(11(3)4)24-21(14)15-9-18(12(5)6)23-20(13)15/h7-12H,1-6H3. The summed E-state index contributed by atoms with van der Waals surface area (Å²) < 4.78 is 4.50. The molecule has 3 aromatic heterocycles. The van der Waals surface area contributed by atoms with E-state index in [4.69, 9.17) is 0 Å². The molecule has 0 nitrogen and oxygen atoms in total. The molecule has 0 atom stereocenters. The summed E-state index contributed by atoms with van der Waals surface area (Å²) in [7, 11) is 0. The molecule has 0 amide bonds. The summed E-state index contributed by atoms with van der Waals surface area (Å²) in [6.45, 7) is 13.8. The van der Waals surface area contributed by atoms with Crippen LogP contribution in [0.25, 0.3) is 30.3 Å². The monoisotopic (exact) mass is 372 g/mol. The second-order valence-corrected chi connectivity index (χ2v) is 10.9. The van der Waals surface area contributed by atoms with E-state index >= 15 is 0 Å². The summed E-state index contributed by atoms with van der Waals surface area (Å²) in [5.41, 5.74) is 0. The van der Waals surface area contributed by atoms with Gasteiger partial charge in [0.1, 0.15) is 0 Å². The minimum absolute atomic E-state index is 0.597. The summed E-state index contributed by atoms with van der Waals surface area (Å²) in [6.07, 6.45) is 0. The van der Waals surface area contributed by atoms with Gasteiger partial charge >= 0.3 is 0 Å². The lowest BCUT2D eigenvalue weighted by molar-refractivity contribution is 0.890. The van der Waals surface area contributed by atoms with Crippen molar-refractivity contribution in [2.75, 3.05) is 0 Å². The Morgan fingerprint density at radius 3 is 0.958 bits per heavy atom. The molecule has 0 N–H and O–H groups in total. The number of hydrogen-bond acceptors (Lipinski definition) is 3. The lowest BCUT2D eigenvalue weighted by atomic mass is 10.1. The maximum absolute atomic E-state index is 2.46. The largest absolute Gasteiger partial charge is 0.139 e. The van der Waals surface area contributed by atoms with Crippen LogP contribution in [0.4, 0.5) is 0 Å². The molecule has 3 heterocycles. The highest BCUT2D eigenvalue weighted by Crippen LogP contribution is 2.48. The van der Waals surface area contributed by atoms with Crippen molar-refractivity contribution in [1.82, 2.24) is 0 Å². The first kappa shape index (κ1) is 16.6. The molecule has 3 heteroatoms. The van der Waals surface area contributed by atoms with E-state index in [9.17, 15) is 0 Å². The van der Waals surface area contributed by atoms with Crippen molar-refractivity contribution in [3.05, 3.63) is 32.8 Å². The van der Waals surface area contributed by atoms with E-state index < -0.39 is 0 Å². The normalized spacial score (nSPS) is 12.9. The summed E-state index contributed by atoms with van der Waals surface area (Å²) in [4.78, 5) is 4.53. The van der Waals surface area contributed by atoms with E-state index in [1.54, 1.807) is 0 Å². The molecule has 126 valence electrons. The van der Waals surface area contributed by atoms with Crippen molar-refractivity contribution >= 4 is 64.3 Å². The van der Waals surface area contributed by atoms with E-state index in [2.05, 4.69) is 59.7 Å². The minimum Gasteiger partial charge on any atom is -0.139 e. The van der Waals surface area contributed by atoms with Crippen LogP contribution >= 0.6 is 34.0 Å². The first-order chi connectivity index (χ1) is 11.4. The second kappa shape index (κ2) is 5.82. The van der Waals surface area contributed by atoms with Crippen LogP contribution < -0.4 is 0 Å². The Morgan fingerprint density at radius 2 is 0.750 bits per heavy atom. The minimum atomic E-state index is 0.597. The van der Waals surface area contributed by atoms with Gasteiger partial charge in [-0.05, 0) is 36.0 Å². The zero-order valence-electron chi connectivity index (χ0n) is 15.2. The van der Waals surface area contributed by atoms with Gasteiger partial charge in [0, 0.05) is 44.9 Å². The number of hydrogen-bond donors (Lipinski definition) is 0. The Labute approximate surface area is 156 Å². The van der Waals surface area contributed by atoms with E-state index in [1.807, 2.05) is 34.0 Å². The number of thiophene rings is 3. The van der Waals surface area contributed by atoms with Gasteiger partial charge in [-0.3, -0.25) is 0 Å². The van der Waals surface area contributed by atoms with Crippen LogP contribution in [-0.2, 0) is 0 Å². The molecule has 4 aromatic rings. The van der Waals surface area contributed by atoms with Gasteiger partial charge < -0.3 is 0 Å². The highest BCUT2D eigenvalue weighted by atomic mass is 32.1. The Morgan fingerprint density at radius 1 is 0.500 bits per heavy atom. The van der Waals surface area contributed by atoms with Gasteiger partial charge in [0.25, 0.3) is 0 Å². The molecule has 4 rings (SSSR count). The van der Waals surface area contributed by atoms with E-state index in [0.29, 0.717) is 17.8 Å². The molecule has 0 saturated carbocycles. The molecule has 1 aromatic carbocycles. The molecule has 0 saturated heterocycles. The van der Waals surface area contributed by atoms with Gasteiger partial charge in [-0.25, -0.2) is 0 Å². The van der Waals surface area contributed by atoms with Crippen molar-refractivity contribution in [1.29, 1.82) is 0 Å². The zero-order valence-corrected chi connectivity index (χ0v) is 17.6. The predicted octanol–water partition coefficient (Wildman–Crippen LogP) is 8.70. The smallest absolute Gasteiger partial charge is 0.0447 e. The zero-order chi connectivity index (χ0) is 17.2. The van der Waals surface area contributed by atoms with Crippen LogP contribution in [0.1, 0.15) is 73.9 Å². The van der Waals surface area contributed by atoms with E-state index in [-0.39, 0.29) is 0 Å². The van der Waals surface area contributed by atoms with Crippen LogP contribution in [0, 0.1) is 0 Å². The quantitative estimate of drug-likeness (QED) is 0.337. The lowest BCUT2D eigenvalue weighted by Crippen LogP contribution is -1.77. The Kier molecular flexibility index (Phi) is 4.02. The molecule has 24 heavy (non-hydrogen) atoms. The average Bonchev–Trinajstić information content (AvgIpc) is 3.21. The lowest BCUT2D eigenvalue weighted by Gasteiger charge is -1.96. The van der Waals surface area contributed by atoms with Crippen molar-refractivity contribution in [2.24, 2.45) is 0 Å². The fraction of sp³-hybridized carbons (Fsp3) is 0.429. The number of rotatable bonds is 3. The van der Waals surface area contributed by atoms with E-state index in [0.717, 1.165) is 0 Å². The molecule has 0 bridgehead atoms. The maximum Gasteiger partial charge on any atom is 0.0447 e. The van der Waals surface area contributed by atoms with Crippen LogP contribution in [0.3, 0.4) is 0 Å². The SMILES string of the molecule is CC(C)c1cc2c(s1)c1cc(C(C)C)sc1c1cc(C(C)C)sc21. The van der Waals surface area contributed by atoms with Crippen molar-refractivity contribution in [3.63, 3.8) is 0 Å². The third-order valence-corrected chi connectivity index (χ3v) is 9.10. The number of fused-ring (bicyclic) bond motifs is 6. The third-order valence-electron chi connectivity index (χ3n) is 4.69. The van der Waals surface area contributed by atoms with Gasteiger partial charge in [-0.15, -0.1) is 34.0 Å². The average molecular weight is 373 g/mol. The Bertz CT molecular complexity index is 805. The molecule has 0 unspecified atom stereocenters. The van der Waals surface area contributed by atoms with Gasteiger partial charge in [-0.2, -0.15) is 0 Å². The second-order valence-electron chi connectivity index (χ2n) is 7.64. The molecular weight excluding hydrogens is 348 g/mol. The number of benzene rings is 1. The summed E-state index contributed by atoms with van der Waals surface area (Å²) in [5.74, 6) is 1.79. The first-order valence-corrected chi connectivity index (χ1v) is 11.2. The van der Waals surface area contributed by atoms with Crippen LogP contribution in [0.2, 0.25) is 0 Å². The molecule has 0 fully saturated rings. The molecule has 0 aliphatic heterocycles.